The van der Waals surface area contributed by atoms with Gasteiger partial charge < -0.3 is 10.2 Å². The first kappa shape index (κ1) is 11.0. The molecule has 2 unspecified atom stereocenters. The van der Waals surface area contributed by atoms with Crippen LogP contribution in [0.25, 0.3) is 0 Å². The van der Waals surface area contributed by atoms with Crippen LogP contribution in [0.4, 0.5) is 0 Å². The standard InChI is InChI=1S/C10H18N2O2/c1-7-4-10(11-8(2)13)6-12(5-7)9(3)14/h7,10H,4-6H2,1-3H3,(H,11,13). The summed E-state index contributed by atoms with van der Waals surface area (Å²) in [5.41, 5.74) is 0. The van der Waals surface area contributed by atoms with Crippen LogP contribution in [0.5, 0.6) is 0 Å². The summed E-state index contributed by atoms with van der Waals surface area (Å²) in [6, 6.07) is 0.125. The minimum Gasteiger partial charge on any atom is -0.352 e. The van der Waals surface area contributed by atoms with Crippen molar-refractivity contribution in [2.24, 2.45) is 5.92 Å². The van der Waals surface area contributed by atoms with Crippen molar-refractivity contribution in [3.05, 3.63) is 0 Å². The fourth-order valence-electron chi connectivity index (χ4n) is 2.00. The maximum Gasteiger partial charge on any atom is 0.219 e. The average molecular weight is 198 g/mol. The Morgan fingerprint density at radius 2 is 1.93 bits per heavy atom. The van der Waals surface area contributed by atoms with E-state index in [-0.39, 0.29) is 17.9 Å². The Hall–Kier alpha value is -1.06. The van der Waals surface area contributed by atoms with Gasteiger partial charge in [-0.15, -0.1) is 0 Å². The third-order valence-electron chi connectivity index (χ3n) is 2.51. The number of hydrogen-bond acceptors (Lipinski definition) is 2. The normalized spacial score (nSPS) is 27.2. The van der Waals surface area contributed by atoms with Crippen molar-refractivity contribution in [3.63, 3.8) is 0 Å². The van der Waals surface area contributed by atoms with E-state index in [0.717, 1.165) is 13.0 Å². The van der Waals surface area contributed by atoms with Gasteiger partial charge in [0.2, 0.25) is 11.8 Å². The zero-order valence-corrected chi connectivity index (χ0v) is 9.04. The number of hydrogen-bond donors (Lipinski definition) is 1. The van der Waals surface area contributed by atoms with Gasteiger partial charge in [0.05, 0.1) is 0 Å². The van der Waals surface area contributed by atoms with Crippen LogP contribution in [-0.4, -0.2) is 35.8 Å². The number of rotatable bonds is 1. The lowest BCUT2D eigenvalue weighted by Crippen LogP contribution is -2.51. The lowest BCUT2D eigenvalue weighted by atomic mass is 9.96. The first-order valence-corrected chi connectivity index (χ1v) is 5.01. The summed E-state index contributed by atoms with van der Waals surface area (Å²) in [4.78, 5) is 23.9. The van der Waals surface area contributed by atoms with Crippen LogP contribution in [0, 0.1) is 5.92 Å². The van der Waals surface area contributed by atoms with E-state index in [4.69, 9.17) is 0 Å². The topological polar surface area (TPSA) is 49.4 Å². The van der Waals surface area contributed by atoms with E-state index in [1.54, 1.807) is 11.8 Å². The minimum atomic E-state index is -0.0207. The molecule has 0 radical (unpaired) electrons. The molecule has 2 atom stereocenters. The molecule has 0 aromatic rings. The summed E-state index contributed by atoms with van der Waals surface area (Å²) in [6.45, 7) is 6.65. The van der Waals surface area contributed by atoms with Crippen LogP contribution in [0.2, 0.25) is 0 Å². The van der Waals surface area contributed by atoms with Gasteiger partial charge in [0.15, 0.2) is 0 Å². The molecule has 1 N–H and O–H groups in total. The molecule has 4 heteroatoms. The molecule has 1 rings (SSSR count). The van der Waals surface area contributed by atoms with E-state index in [2.05, 4.69) is 12.2 Å². The van der Waals surface area contributed by atoms with Gasteiger partial charge in [-0.3, -0.25) is 9.59 Å². The Morgan fingerprint density at radius 3 is 2.43 bits per heavy atom. The number of nitrogens with one attached hydrogen (secondary N) is 1. The molecule has 0 saturated carbocycles. The van der Waals surface area contributed by atoms with Gasteiger partial charge in [0, 0.05) is 33.0 Å². The van der Waals surface area contributed by atoms with Crippen LogP contribution in [0.3, 0.4) is 0 Å². The van der Waals surface area contributed by atoms with E-state index in [1.807, 2.05) is 0 Å². The number of likely N-dealkylation sites (tertiary alicyclic amines) is 1. The van der Waals surface area contributed by atoms with Crippen molar-refractivity contribution in [2.45, 2.75) is 33.2 Å². The Bertz CT molecular complexity index is 240. The van der Waals surface area contributed by atoms with E-state index in [1.165, 1.54) is 6.92 Å². The van der Waals surface area contributed by atoms with Gasteiger partial charge in [-0.1, -0.05) is 6.92 Å². The van der Waals surface area contributed by atoms with Gasteiger partial charge in [-0.2, -0.15) is 0 Å². The first-order chi connectivity index (χ1) is 6.49. The fraction of sp³-hybridized carbons (Fsp3) is 0.800. The van der Waals surface area contributed by atoms with Crippen LogP contribution >= 0.6 is 0 Å². The summed E-state index contributed by atoms with van der Waals surface area (Å²) in [5.74, 6) is 0.531. The first-order valence-electron chi connectivity index (χ1n) is 5.01. The SMILES string of the molecule is CC(=O)NC1CC(C)CN(C(C)=O)C1. The Balaban J connectivity index is 2.53. The summed E-state index contributed by atoms with van der Waals surface area (Å²) in [7, 11) is 0. The van der Waals surface area contributed by atoms with Crippen molar-refractivity contribution in [1.29, 1.82) is 0 Å². The molecule has 0 aromatic carbocycles. The highest BCUT2D eigenvalue weighted by Crippen LogP contribution is 2.16. The van der Waals surface area contributed by atoms with Crippen molar-refractivity contribution in [2.75, 3.05) is 13.1 Å². The van der Waals surface area contributed by atoms with Gasteiger partial charge >= 0.3 is 0 Å². The fourth-order valence-corrected chi connectivity index (χ4v) is 2.00. The molecule has 0 aliphatic carbocycles. The number of carbonyl (C=O) groups is 2. The summed E-state index contributed by atoms with van der Waals surface area (Å²) in [5, 5.41) is 2.86. The molecule has 2 amide bonds. The molecule has 0 spiro atoms. The largest absolute Gasteiger partial charge is 0.352 e. The Morgan fingerprint density at radius 1 is 1.29 bits per heavy atom. The van der Waals surface area contributed by atoms with Crippen LogP contribution in [0.15, 0.2) is 0 Å². The number of piperidine rings is 1. The number of amides is 2. The number of carbonyl (C=O) groups excluding carboxylic acids is 2. The summed E-state index contributed by atoms with van der Waals surface area (Å²) < 4.78 is 0. The quantitative estimate of drug-likeness (QED) is 0.662. The van der Waals surface area contributed by atoms with E-state index in [9.17, 15) is 9.59 Å². The average Bonchev–Trinajstić information content (AvgIpc) is 2.01. The number of nitrogens with zero attached hydrogens (tertiary/aromatic N) is 1. The predicted octanol–water partition coefficient (Wildman–Crippen LogP) is 0.379. The highest BCUT2D eigenvalue weighted by molar-refractivity contribution is 5.74. The molecule has 1 heterocycles. The summed E-state index contributed by atoms with van der Waals surface area (Å²) >= 11 is 0. The second-order valence-electron chi connectivity index (χ2n) is 4.16. The van der Waals surface area contributed by atoms with E-state index in [0.29, 0.717) is 12.5 Å². The molecule has 0 aromatic heterocycles. The molecular formula is C10H18N2O2. The smallest absolute Gasteiger partial charge is 0.219 e. The lowest BCUT2D eigenvalue weighted by Gasteiger charge is -2.36. The van der Waals surface area contributed by atoms with Gasteiger partial charge in [-0.05, 0) is 12.3 Å². The van der Waals surface area contributed by atoms with Crippen molar-refractivity contribution >= 4 is 11.8 Å². The maximum atomic E-state index is 11.2. The second kappa shape index (κ2) is 4.44. The van der Waals surface area contributed by atoms with Crippen LogP contribution in [-0.2, 0) is 9.59 Å². The zero-order chi connectivity index (χ0) is 10.7. The lowest BCUT2D eigenvalue weighted by molar-refractivity contribution is -0.132. The molecule has 0 bridgehead atoms. The summed E-state index contributed by atoms with van der Waals surface area (Å²) in [6.07, 6.45) is 0.962. The minimum absolute atomic E-state index is 0.0207. The maximum absolute atomic E-state index is 11.2. The highest BCUT2D eigenvalue weighted by atomic mass is 16.2. The van der Waals surface area contributed by atoms with Crippen LogP contribution in [0.1, 0.15) is 27.2 Å². The van der Waals surface area contributed by atoms with Crippen molar-refractivity contribution < 1.29 is 9.59 Å². The van der Waals surface area contributed by atoms with Crippen molar-refractivity contribution in [3.8, 4) is 0 Å². The van der Waals surface area contributed by atoms with Crippen LogP contribution < -0.4 is 5.32 Å². The molecule has 4 nitrogen and oxygen atoms in total. The molecule has 1 aliphatic rings. The van der Waals surface area contributed by atoms with E-state index >= 15 is 0 Å². The Labute approximate surface area is 84.7 Å². The zero-order valence-electron chi connectivity index (χ0n) is 9.04. The van der Waals surface area contributed by atoms with Gasteiger partial charge in [0.25, 0.3) is 0 Å². The molecule has 1 saturated heterocycles. The monoisotopic (exact) mass is 198 g/mol. The van der Waals surface area contributed by atoms with Crippen molar-refractivity contribution in [1.82, 2.24) is 10.2 Å². The molecular weight excluding hydrogens is 180 g/mol. The Kier molecular flexibility index (Phi) is 3.49. The molecule has 1 aliphatic heterocycles. The predicted molar refractivity (Wildman–Crippen MR) is 53.6 cm³/mol. The van der Waals surface area contributed by atoms with Gasteiger partial charge in [-0.25, -0.2) is 0 Å². The van der Waals surface area contributed by atoms with E-state index < -0.39 is 0 Å². The molecule has 14 heavy (non-hydrogen) atoms. The molecule has 1 fully saturated rings. The third-order valence-corrected chi connectivity index (χ3v) is 2.51. The molecule has 80 valence electrons. The highest BCUT2D eigenvalue weighted by Gasteiger charge is 2.26. The second-order valence-corrected chi connectivity index (χ2v) is 4.16. The van der Waals surface area contributed by atoms with Gasteiger partial charge in [0.1, 0.15) is 0 Å². The third kappa shape index (κ3) is 3.01.